The summed E-state index contributed by atoms with van der Waals surface area (Å²) in [6.45, 7) is 2.78. The molecule has 0 aliphatic rings. The Bertz CT molecular complexity index is 1210. The van der Waals surface area contributed by atoms with Crippen molar-refractivity contribution in [1.29, 1.82) is 0 Å². The van der Waals surface area contributed by atoms with Crippen LogP contribution in [0.25, 0.3) is 11.1 Å². The van der Waals surface area contributed by atoms with Gasteiger partial charge in [0.25, 0.3) is 0 Å². The number of hydrogen-bond acceptors (Lipinski definition) is 5. The second-order valence-electron chi connectivity index (χ2n) is 7.72. The first-order chi connectivity index (χ1) is 15.2. The Balaban J connectivity index is 1.78. The van der Waals surface area contributed by atoms with Gasteiger partial charge in [-0.1, -0.05) is 48.0 Å². The SMILES string of the molecule is Cc1ccc(-c2ccc(C(F)(F)[C@](O)(Cn3cnnn3)c3ccc(C)cc3F)nc2)cc1. The third-order valence-electron chi connectivity index (χ3n) is 5.34. The molecule has 0 saturated heterocycles. The molecule has 0 amide bonds. The zero-order chi connectivity index (χ0) is 22.9. The van der Waals surface area contributed by atoms with Crippen molar-refractivity contribution in [2.45, 2.75) is 31.9 Å². The third kappa shape index (κ3) is 3.87. The van der Waals surface area contributed by atoms with E-state index in [1.165, 1.54) is 18.3 Å². The third-order valence-corrected chi connectivity index (χ3v) is 5.34. The largest absolute Gasteiger partial charge is 0.377 e. The van der Waals surface area contributed by atoms with Gasteiger partial charge in [-0.15, -0.1) is 5.10 Å². The summed E-state index contributed by atoms with van der Waals surface area (Å²) in [6, 6.07) is 13.8. The number of aryl methyl sites for hydroxylation is 2. The Kier molecular flexibility index (Phi) is 5.52. The van der Waals surface area contributed by atoms with Crippen molar-refractivity contribution < 1.29 is 18.3 Å². The fourth-order valence-electron chi connectivity index (χ4n) is 3.50. The Labute approximate surface area is 182 Å². The normalized spacial score (nSPS) is 13.7. The fraction of sp³-hybridized carbons (Fsp3) is 0.217. The second-order valence-corrected chi connectivity index (χ2v) is 7.72. The van der Waals surface area contributed by atoms with E-state index < -0.39 is 35.1 Å². The van der Waals surface area contributed by atoms with Crippen LogP contribution < -0.4 is 0 Å². The zero-order valence-corrected chi connectivity index (χ0v) is 17.4. The topological polar surface area (TPSA) is 76.7 Å². The summed E-state index contributed by atoms with van der Waals surface area (Å²) < 4.78 is 47.3. The summed E-state index contributed by atoms with van der Waals surface area (Å²) in [6.07, 6.45) is 2.37. The molecule has 0 radical (unpaired) electrons. The van der Waals surface area contributed by atoms with E-state index in [1.54, 1.807) is 6.92 Å². The highest BCUT2D eigenvalue weighted by molar-refractivity contribution is 5.62. The highest BCUT2D eigenvalue weighted by Gasteiger charge is 2.57. The van der Waals surface area contributed by atoms with Crippen LogP contribution in [0.2, 0.25) is 0 Å². The first kappa shape index (κ1) is 21.6. The number of aromatic nitrogens is 5. The molecule has 0 bridgehead atoms. The van der Waals surface area contributed by atoms with Crippen LogP contribution in [0.5, 0.6) is 0 Å². The lowest BCUT2D eigenvalue weighted by Gasteiger charge is -2.35. The minimum Gasteiger partial charge on any atom is -0.377 e. The molecule has 164 valence electrons. The lowest BCUT2D eigenvalue weighted by molar-refractivity contribution is -0.207. The van der Waals surface area contributed by atoms with Crippen molar-refractivity contribution in [2.75, 3.05) is 0 Å². The van der Waals surface area contributed by atoms with E-state index in [4.69, 9.17) is 0 Å². The molecule has 32 heavy (non-hydrogen) atoms. The maximum absolute atomic E-state index is 15.8. The molecule has 1 N–H and O–H groups in total. The number of benzene rings is 2. The van der Waals surface area contributed by atoms with Gasteiger partial charge in [-0.25, -0.2) is 9.07 Å². The maximum Gasteiger partial charge on any atom is 0.323 e. The van der Waals surface area contributed by atoms with Crippen LogP contribution in [0.3, 0.4) is 0 Å². The predicted octanol–water partition coefficient (Wildman–Crippen LogP) is 4.17. The standard InChI is InChI=1S/C23H20F3N5O/c1-15-3-6-17(7-4-15)18-8-10-21(27-12-18)23(25,26)22(32,13-31-14-28-29-30-31)19-9-5-16(2)11-20(19)24/h3-12,14,32H,13H2,1-2H3/t22-/m0/s1. The number of alkyl halides is 2. The van der Waals surface area contributed by atoms with Crippen molar-refractivity contribution in [3.05, 3.63) is 95.3 Å². The maximum atomic E-state index is 15.8. The molecular formula is C23H20F3N5O. The highest BCUT2D eigenvalue weighted by atomic mass is 19.3. The van der Waals surface area contributed by atoms with Gasteiger partial charge in [-0.2, -0.15) is 8.78 Å². The van der Waals surface area contributed by atoms with E-state index in [1.807, 2.05) is 31.2 Å². The van der Waals surface area contributed by atoms with E-state index in [0.29, 0.717) is 11.1 Å². The number of rotatable bonds is 6. The molecule has 4 rings (SSSR count). The van der Waals surface area contributed by atoms with E-state index in [0.717, 1.165) is 40.3 Å². The number of tetrazole rings is 1. The lowest BCUT2D eigenvalue weighted by atomic mass is 9.84. The molecule has 0 unspecified atom stereocenters. The van der Waals surface area contributed by atoms with Crippen LogP contribution >= 0.6 is 0 Å². The van der Waals surface area contributed by atoms with Crippen molar-refractivity contribution >= 4 is 0 Å². The molecule has 0 fully saturated rings. The molecule has 2 aromatic heterocycles. The van der Waals surface area contributed by atoms with Gasteiger partial charge in [0.05, 0.1) is 6.54 Å². The van der Waals surface area contributed by atoms with Gasteiger partial charge in [-0.05, 0) is 47.5 Å². The number of halogens is 3. The monoisotopic (exact) mass is 439 g/mol. The molecule has 0 saturated carbocycles. The molecule has 6 nitrogen and oxygen atoms in total. The van der Waals surface area contributed by atoms with Gasteiger partial charge in [0.2, 0.25) is 0 Å². The van der Waals surface area contributed by atoms with Gasteiger partial charge in [0.15, 0.2) is 5.60 Å². The minimum atomic E-state index is -3.97. The van der Waals surface area contributed by atoms with E-state index >= 15 is 8.78 Å². The Morgan fingerprint density at radius 2 is 1.62 bits per heavy atom. The lowest BCUT2D eigenvalue weighted by Crippen LogP contribution is -2.48. The summed E-state index contributed by atoms with van der Waals surface area (Å²) in [7, 11) is 0. The van der Waals surface area contributed by atoms with Crippen LogP contribution in [-0.4, -0.2) is 30.3 Å². The molecule has 0 aliphatic carbocycles. The van der Waals surface area contributed by atoms with Crippen LogP contribution in [-0.2, 0) is 18.1 Å². The molecule has 2 aromatic carbocycles. The zero-order valence-electron chi connectivity index (χ0n) is 17.4. The van der Waals surface area contributed by atoms with Gasteiger partial charge in [0, 0.05) is 17.3 Å². The van der Waals surface area contributed by atoms with Crippen LogP contribution in [0.4, 0.5) is 13.2 Å². The number of pyridine rings is 1. The average molecular weight is 439 g/mol. The summed E-state index contributed by atoms with van der Waals surface area (Å²) in [5, 5.41) is 21.7. The van der Waals surface area contributed by atoms with E-state index in [-0.39, 0.29) is 0 Å². The number of nitrogens with zero attached hydrogens (tertiary/aromatic N) is 5. The number of hydrogen-bond donors (Lipinski definition) is 1. The smallest absolute Gasteiger partial charge is 0.323 e. The molecule has 1 atom stereocenters. The van der Waals surface area contributed by atoms with Gasteiger partial charge < -0.3 is 5.11 Å². The Morgan fingerprint density at radius 3 is 2.22 bits per heavy atom. The van der Waals surface area contributed by atoms with Gasteiger partial charge in [0.1, 0.15) is 17.8 Å². The van der Waals surface area contributed by atoms with Crippen LogP contribution in [0.15, 0.2) is 67.1 Å². The van der Waals surface area contributed by atoms with Gasteiger partial charge in [-0.3, -0.25) is 4.98 Å². The van der Waals surface area contributed by atoms with E-state index in [9.17, 15) is 9.50 Å². The fourth-order valence-corrected chi connectivity index (χ4v) is 3.50. The summed E-state index contributed by atoms with van der Waals surface area (Å²) in [5.41, 5.74) is -1.24. The highest BCUT2D eigenvalue weighted by Crippen LogP contribution is 2.46. The van der Waals surface area contributed by atoms with Crippen molar-refractivity contribution in [2.24, 2.45) is 0 Å². The molecular weight excluding hydrogens is 419 g/mol. The minimum absolute atomic E-state index is 0.528. The quantitative estimate of drug-likeness (QED) is 0.488. The second kappa shape index (κ2) is 8.16. The molecule has 0 spiro atoms. The summed E-state index contributed by atoms with van der Waals surface area (Å²) in [5.74, 6) is -4.93. The van der Waals surface area contributed by atoms with Gasteiger partial charge >= 0.3 is 5.92 Å². The molecule has 9 heteroatoms. The Hall–Kier alpha value is -3.59. The first-order valence-corrected chi connectivity index (χ1v) is 9.82. The van der Waals surface area contributed by atoms with Crippen LogP contribution in [0.1, 0.15) is 22.4 Å². The Morgan fingerprint density at radius 1 is 0.938 bits per heavy atom. The van der Waals surface area contributed by atoms with Crippen molar-refractivity contribution in [1.82, 2.24) is 25.2 Å². The van der Waals surface area contributed by atoms with Crippen LogP contribution in [0, 0.1) is 19.7 Å². The first-order valence-electron chi connectivity index (χ1n) is 9.82. The van der Waals surface area contributed by atoms with Crippen molar-refractivity contribution in [3.63, 3.8) is 0 Å². The average Bonchev–Trinajstić information content (AvgIpc) is 3.27. The summed E-state index contributed by atoms with van der Waals surface area (Å²) in [4.78, 5) is 3.92. The summed E-state index contributed by atoms with van der Waals surface area (Å²) >= 11 is 0. The molecule has 2 heterocycles. The van der Waals surface area contributed by atoms with Crippen molar-refractivity contribution in [3.8, 4) is 11.1 Å². The molecule has 4 aromatic rings. The number of aliphatic hydroxyl groups is 1. The van der Waals surface area contributed by atoms with E-state index in [2.05, 4.69) is 20.5 Å². The molecule has 0 aliphatic heterocycles. The predicted molar refractivity (Wildman–Crippen MR) is 111 cm³/mol.